The Hall–Kier alpha value is -2.85. The molecule has 0 spiro atoms. The van der Waals surface area contributed by atoms with Crippen LogP contribution in [0.2, 0.25) is 0 Å². The minimum atomic E-state index is -0.624. The molecule has 2 atom stereocenters. The highest BCUT2D eigenvalue weighted by Crippen LogP contribution is 2.46. The number of nitrogens with one attached hydrogen (secondary N) is 1. The summed E-state index contributed by atoms with van der Waals surface area (Å²) in [5.74, 6) is 0.758. The molecule has 34 heavy (non-hydrogen) atoms. The predicted molar refractivity (Wildman–Crippen MR) is 134 cm³/mol. The molecule has 2 aliphatic rings. The summed E-state index contributed by atoms with van der Waals surface area (Å²) in [4.78, 5) is 12.9. The zero-order chi connectivity index (χ0) is 24.3. The van der Waals surface area contributed by atoms with E-state index in [1.54, 1.807) is 6.07 Å². The van der Waals surface area contributed by atoms with Gasteiger partial charge in [0.25, 0.3) is 5.91 Å². The van der Waals surface area contributed by atoms with E-state index in [1.165, 1.54) is 35.1 Å². The summed E-state index contributed by atoms with van der Waals surface area (Å²) >= 11 is 0. The number of benzene rings is 2. The van der Waals surface area contributed by atoms with E-state index in [2.05, 4.69) is 52.1 Å². The number of furan rings is 1. The lowest BCUT2D eigenvalue weighted by Gasteiger charge is -2.42. The van der Waals surface area contributed by atoms with Gasteiger partial charge in [-0.05, 0) is 76.1 Å². The summed E-state index contributed by atoms with van der Waals surface area (Å²) < 4.78 is 5.98. The van der Waals surface area contributed by atoms with Crippen LogP contribution in [0.25, 0.3) is 0 Å². The molecule has 0 radical (unpaired) electrons. The van der Waals surface area contributed by atoms with E-state index in [0.29, 0.717) is 12.8 Å². The van der Waals surface area contributed by atoms with E-state index >= 15 is 0 Å². The molecule has 0 saturated heterocycles. The molecule has 0 saturated carbocycles. The number of carbonyl (C=O) groups excluding carboxylic acids is 1. The van der Waals surface area contributed by atoms with E-state index < -0.39 is 12.1 Å². The van der Waals surface area contributed by atoms with Crippen LogP contribution >= 0.6 is 0 Å². The van der Waals surface area contributed by atoms with Crippen molar-refractivity contribution in [3.8, 4) is 0 Å². The SMILES string of the molecule is Cc1cc2c(cc1Cc1ccc(C(=O)NC3c4ccccc4CC3O)o1)C(C)(C)CCC2(C)C. The smallest absolute Gasteiger partial charge is 0.287 e. The molecule has 4 nitrogen and oxygen atoms in total. The Morgan fingerprint density at radius 3 is 2.44 bits per heavy atom. The monoisotopic (exact) mass is 457 g/mol. The first kappa shape index (κ1) is 22.9. The van der Waals surface area contributed by atoms with Crippen molar-refractivity contribution in [1.82, 2.24) is 5.32 Å². The third kappa shape index (κ3) is 3.98. The zero-order valence-corrected chi connectivity index (χ0v) is 20.9. The van der Waals surface area contributed by atoms with Crippen LogP contribution in [-0.4, -0.2) is 17.1 Å². The maximum absolute atomic E-state index is 12.9. The number of hydrogen-bond acceptors (Lipinski definition) is 3. The van der Waals surface area contributed by atoms with Gasteiger partial charge in [0.1, 0.15) is 5.76 Å². The molecule has 5 rings (SSSR count). The zero-order valence-electron chi connectivity index (χ0n) is 20.9. The van der Waals surface area contributed by atoms with Crippen molar-refractivity contribution in [3.05, 3.63) is 93.4 Å². The second-order valence-corrected chi connectivity index (χ2v) is 11.5. The Morgan fingerprint density at radius 2 is 1.71 bits per heavy atom. The normalized spacial score (nSPS) is 22.2. The quantitative estimate of drug-likeness (QED) is 0.511. The van der Waals surface area contributed by atoms with Gasteiger partial charge in [-0.1, -0.05) is 64.1 Å². The second kappa shape index (κ2) is 8.13. The highest BCUT2D eigenvalue weighted by atomic mass is 16.4. The Bertz CT molecular complexity index is 1250. The summed E-state index contributed by atoms with van der Waals surface area (Å²) in [6.45, 7) is 11.5. The van der Waals surface area contributed by atoms with Crippen molar-refractivity contribution >= 4 is 5.91 Å². The van der Waals surface area contributed by atoms with Gasteiger partial charge in [-0.25, -0.2) is 0 Å². The van der Waals surface area contributed by atoms with Crippen LogP contribution in [-0.2, 0) is 23.7 Å². The highest BCUT2D eigenvalue weighted by Gasteiger charge is 2.37. The number of rotatable bonds is 4. The summed E-state index contributed by atoms with van der Waals surface area (Å²) in [6.07, 6.45) is 2.95. The maximum Gasteiger partial charge on any atom is 0.287 e. The van der Waals surface area contributed by atoms with Gasteiger partial charge in [0.05, 0.1) is 12.1 Å². The molecular weight excluding hydrogens is 422 g/mol. The van der Waals surface area contributed by atoms with Crippen LogP contribution in [0.1, 0.15) is 96.3 Å². The van der Waals surface area contributed by atoms with E-state index in [4.69, 9.17) is 4.42 Å². The van der Waals surface area contributed by atoms with Crippen molar-refractivity contribution < 1.29 is 14.3 Å². The number of fused-ring (bicyclic) bond motifs is 2. The summed E-state index contributed by atoms with van der Waals surface area (Å²) in [7, 11) is 0. The molecule has 2 N–H and O–H groups in total. The Labute approximate surface area is 202 Å². The van der Waals surface area contributed by atoms with Crippen LogP contribution in [0.3, 0.4) is 0 Å². The maximum atomic E-state index is 12.9. The van der Waals surface area contributed by atoms with E-state index in [1.807, 2.05) is 30.3 Å². The topological polar surface area (TPSA) is 62.5 Å². The second-order valence-electron chi connectivity index (χ2n) is 11.5. The third-order valence-corrected chi connectivity index (χ3v) is 8.05. The predicted octanol–water partition coefficient (Wildman–Crippen LogP) is 5.92. The van der Waals surface area contributed by atoms with Crippen molar-refractivity contribution in [2.75, 3.05) is 0 Å². The molecule has 1 amide bonds. The molecule has 2 aliphatic carbocycles. The average molecular weight is 458 g/mol. The molecule has 2 unspecified atom stereocenters. The molecular formula is C30H35NO3. The first-order valence-corrected chi connectivity index (χ1v) is 12.4. The van der Waals surface area contributed by atoms with E-state index in [0.717, 1.165) is 16.9 Å². The lowest BCUT2D eigenvalue weighted by molar-refractivity contribution is 0.0830. The molecule has 0 aliphatic heterocycles. The van der Waals surface area contributed by atoms with Crippen molar-refractivity contribution in [2.24, 2.45) is 0 Å². The van der Waals surface area contributed by atoms with E-state index in [-0.39, 0.29) is 22.5 Å². The van der Waals surface area contributed by atoms with Crippen LogP contribution in [0.5, 0.6) is 0 Å². The number of hydrogen-bond donors (Lipinski definition) is 2. The van der Waals surface area contributed by atoms with Gasteiger partial charge in [0.2, 0.25) is 0 Å². The molecule has 4 heteroatoms. The van der Waals surface area contributed by atoms with Crippen molar-refractivity contribution in [3.63, 3.8) is 0 Å². The molecule has 178 valence electrons. The van der Waals surface area contributed by atoms with Gasteiger partial charge in [0, 0.05) is 12.8 Å². The molecule has 0 bridgehead atoms. The first-order chi connectivity index (χ1) is 16.0. The minimum Gasteiger partial charge on any atom is -0.456 e. The van der Waals surface area contributed by atoms with Crippen molar-refractivity contribution in [2.45, 2.75) is 83.3 Å². The number of aliphatic hydroxyl groups excluding tert-OH is 1. The Balaban J connectivity index is 1.36. The lowest BCUT2D eigenvalue weighted by Crippen LogP contribution is -2.34. The summed E-state index contributed by atoms with van der Waals surface area (Å²) in [5, 5.41) is 13.4. The van der Waals surface area contributed by atoms with Gasteiger partial charge in [-0.3, -0.25) is 4.79 Å². The van der Waals surface area contributed by atoms with Crippen molar-refractivity contribution in [1.29, 1.82) is 0 Å². The fourth-order valence-electron chi connectivity index (χ4n) is 5.70. The molecule has 2 aromatic carbocycles. The molecule has 1 heterocycles. The van der Waals surface area contributed by atoms with Gasteiger partial charge >= 0.3 is 0 Å². The number of carbonyl (C=O) groups is 1. The molecule has 0 fully saturated rings. The number of aryl methyl sites for hydroxylation is 1. The van der Waals surface area contributed by atoms with Gasteiger partial charge in [0.15, 0.2) is 5.76 Å². The van der Waals surface area contributed by atoms with Gasteiger partial charge in [-0.15, -0.1) is 0 Å². The fourth-order valence-corrected chi connectivity index (χ4v) is 5.70. The van der Waals surface area contributed by atoms with Crippen LogP contribution in [0, 0.1) is 6.92 Å². The summed E-state index contributed by atoms with van der Waals surface area (Å²) in [6, 6.07) is 15.8. The fraction of sp³-hybridized carbons (Fsp3) is 0.433. The summed E-state index contributed by atoms with van der Waals surface area (Å²) in [5.41, 5.74) is 7.79. The Morgan fingerprint density at radius 1 is 1.03 bits per heavy atom. The number of aliphatic hydroxyl groups is 1. The first-order valence-electron chi connectivity index (χ1n) is 12.4. The Kier molecular flexibility index (Phi) is 5.48. The third-order valence-electron chi connectivity index (χ3n) is 8.05. The van der Waals surface area contributed by atoms with Gasteiger partial charge in [-0.2, -0.15) is 0 Å². The molecule has 1 aromatic heterocycles. The van der Waals surface area contributed by atoms with Crippen LogP contribution in [0.15, 0.2) is 52.9 Å². The van der Waals surface area contributed by atoms with Crippen LogP contribution in [0.4, 0.5) is 0 Å². The van der Waals surface area contributed by atoms with Crippen LogP contribution < -0.4 is 5.32 Å². The lowest BCUT2D eigenvalue weighted by atomic mass is 9.62. The minimum absolute atomic E-state index is 0.153. The van der Waals surface area contributed by atoms with E-state index in [9.17, 15) is 9.90 Å². The largest absolute Gasteiger partial charge is 0.456 e. The average Bonchev–Trinajstić information content (AvgIpc) is 3.37. The highest BCUT2D eigenvalue weighted by molar-refractivity contribution is 5.92. The number of amides is 1. The standard InChI is InChI=1S/C30H35NO3/c1-18-14-23-24(30(4,5)13-12-29(23,2)3)16-20(18)15-21-10-11-26(34-21)28(33)31-27-22-9-7-6-8-19(22)17-25(27)32/h6-11,14,16,25,27,32H,12-13,15,17H2,1-5H3,(H,31,33). The van der Waals surface area contributed by atoms with Gasteiger partial charge < -0.3 is 14.8 Å². The molecule has 3 aromatic rings.